The summed E-state index contributed by atoms with van der Waals surface area (Å²) >= 11 is 0. The van der Waals surface area contributed by atoms with Gasteiger partial charge in [0.15, 0.2) is 0 Å². The Kier molecular flexibility index (Phi) is 18.3. The summed E-state index contributed by atoms with van der Waals surface area (Å²) in [5, 5.41) is 11.3. The molecule has 1 fully saturated rings. The van der Waals surface area contributed by atoms with Gasteiger partial charge in [0.1, 0.15) is 12.1 Å². The highest BCUT2D eigenvalue weighted by Gasteiger charge is 2.31. The number of nitrogens with one attached hydrogen (secondary N) is 4. The van der Waals surface area contributed by atoms with Crippen molar-refractivity contribution in [2.75, 3.05) is 13.1 Å². The lowest BCUT2D eigenvalue weighted by Crippen LogP contribution is -3.00. The number of unbranched alkanes of at least 4 members (excludes halogenated alkanes) is 7. The van der Waals surface area contributed by atoms with Crippen LogP contribution in [0.25, 0.3) is 0 Å². The zero-order valence-corrected chi connectivity index (χ0v) is 24.3. The molecule has 0 aromatic rings. The Morgan fingerprint density at radius 3 is 1.97 bits per heavy atom. The molecule has 1 aliphatic rings. The molecule has 0 radical (unpaired) electrons. The molecule has 37 heavy (non-hydrogen) atoms. The van der Waals surface area contributed by atoms with Crippen LogP contribution >= 0.6 is 0 Å². The Labute approximate surface area is 230 Å². The van der Waals surface area contributed by atoms with Crippen LogP contribution in [0.15, 0.2) is 0 Å². The van der Waals surface area contributed by atoms with E-state index >= 15 is 0 Å². The Hall–Kier alpha value is -1.87. The molecule has 3 atom stereocenters. The summed E-state index contributed by atoms with van der Waals surface area (Å²) in [4.78, 5) is 51.6. The van der Waals surface area contributed by atoms with Gasteiger partial charge in [-0.1, -0.05) is 72.6 Å². The average molecular weight is 546 g/mol. The Morgan fingerprint density at radius 1 is 0.757 bits per heavy atom. The van der Waals surface area contributed by atoms with Crippen molar-refractivity contribution in [3.63, 3.8) is 0 Å². The van der Waals surface area contributed by atoms with Gasteiger partial charge >= 0.3 is 0 Å². The molecule has 216 valence electrons. The normalized spacial score (nSPS) is 21.8. The van der Waals surface area contributed by atoms with E-state index in [1.165, 1.54) is 25.7 Å². The largest absolute Gasteiger partial charge is 1.00 e. The predicted octanol–water partition coefficient (Wildman–Crippen LogP) is -1.05. The standard InChI is InChI=1S/C27H51N5O4.ClH/c1-5-6-7-8-9-10-11-14-20-17-23(33)29-19-24(34)31-21(15-12-13-16-28)25(35)32-22(26(36)30-20)18-27(2,3)4;/h20-22H,5-19,28H2,1-4H3,(H,29,33)(H,30,36)(H,31,34)(H,32,35);1H/t20-,21+,22+;/m1./s1. The number of rotatable bonds is 13. The molecule has 1 aliphatic heterocycles. The first-order valence-corrected chi connectivity index (χ1v) is 14.0. The molecule has 4 amide bonds. The number of hydrogen-bond acceptors (Lipinski definition) is 4. The summed E-state index contributed by atoms with van der Waals surface area (Å²) in [6.45, 7) is 8.80. The molecule has 0 spiro atoms. The number of amides is 4. The van der Waals surface area contributed by atoms with Gasteiger partial charge in [0.2, 0.25) is 23.6 Å². The van der Waals surface area contributed by atoms with Gasteiger partial charge in [-0.15, -0.1) is 0 Å². The van der Waals surface area contributed by atoms with Gasteiger partial charge in [-0.3, -0.25) is 19.2 Å². The first-order valence-electron chi connectivity index (χ1n) is 14.0. The molecule has 9 nitrogen and oxygen atoms in total. The summed E-state index contributed by atoms with van der Waals surface area (Å²) in [5.74, 6) is -1.34. The van der Waals surface area contributed by atoms with Gasteiger partial charge in [0.25, 0.3) is 0 Å². The fourth-order valence-electron chi connectivity index (χ4n) is 4.48. The smallest absolute Gasteiger partial charge is 0.243 e. The van der Waals surface area contributed by atoms with Crippen LogP contribution in [0.5, 0.6) is 0 Å². The van der Waals surface area contributed by atoms with Gasteiger partial charge < -0.3 is 39.4 Å². The minimum absolute atomic E-state index is 0. The minimum atomic E-state index is -0.763. The van der Waals surface area contributed by atoms with Gasteiger partial charge in [0.05, 0.1) is 13.1 Å². The van der Waals surface area contributed by atoms with Crippen molar-refractivity contribution in [1.29, 1.82) is 0 Å². The minimum Gasteiger partial charge on any atom is -1.00 e. The molecule has 0 unspecified atom stereocenters. The molecule has 1 heterocycles. The summed E-state index contributed by atoms with van der Waals surface area (Å²) in [6.07, 6.45) is 11.3. The summed E-state index contributed by atoms with van der Waals surface area (Å²) in [5.41, 5.74) is 3.62. The SMILES string of the molecule is CCCCCCCCC[C@@H]1CC(=O)NCC(=O)N[C@@H](CCCC[NH3+])C(=O)N[C@@H](CC(C)(C)C)C(=O)N1.[Cl-]. The predicted molar refractivity (Wildman–Crippen MR) is 142 cm³/mol. The van der Waals surface area contributed by atoms with E-state index in [2.05, 4.69) is 33.9 Å². The number of carbonyl (C=O) groups excluding carboxylic acids is 4. The van der Waals surface area contributed by atoms with E-state index < -0.39 is 18.0 Å². The average Bonchev–Trinajstić information content (AvgIpc) is 2.80. The lowest BCUT2D eigenvalue weighted by Gasteiger charge is -2.29. The molecular formula is C27H52ClN5O4. The number of carbonyl (C=O) groups is 4. The van der Waals surface area contributed by atoms with Crippen molar-refractivity contribution in [3.8, 4) is 0 Å². The maximum atomic E-state index is 13.3. The second kappa shape index (κ2) is 19.2. The van der Waals surface area contributed by atoms with E-state index in [0.717, 1.165) is 38.6 Å². The molecule has 1 rings (SSSR count). The molecule has 1 saturated heterocycles. The lowest BCUT2D eigenvalue weighted by atomic mass is 9.87. The molecule has 10 heteroatoms. The zero-order chi connectivity index (χ0) is 27.0. The fraction of sp³-hybridized carbons (Fsp3) is 0.852. The van der Waals surface area contributed by atoms with Crippen LogP contribution in [-0.4, -0.2) is 54.8 Å². The van der Waals surface area contributed by atoms with Crippen LogP contribution in [0, 0.1) is 5.41 Å². The van der Waals surface area contributed by atoms with Crippen LogP contribution in [-0.2, 0) is 19.2 Å². The van der Waals surface area contributed by atoms with Crippen molar-refractivity contribution >= 4 is 23.6 Å². The fourth-order valence-corrected chi connectivity index (χ4v) is 4.48. The third-order valence-corrected chi connectivity index (χ3v) is 6.47. The Balaban J connectivity index is 0.0000130. The second-order valence-corrected chi connectivity index (χ2v) is 11.4. The summed E-state index contributed by atoms with van der Waals surface area (Å²) in [7, 11) is 0. The van der Waals surface area contributed by atoms with E-state index in [4.69, 9.17) is 0 Å². The first kappa shape index (κ1) is 35.1. The van der Waals surface area contributed by atoms with E-state index in [0.29, 0.717) is 19.3 Å². The molecule has 0 saturated carbocycles. The van der Waals surface area contributed by atoms with Gasteiger partial charge in [0, 0.05) is 12.5 Å². The highest BCUT2D eigenvalue weighted by atomic mass is 35.5. The zero-order valence-electron chi connectivity index (χ0n) is 23.6. The number of halogens is 1. The lowest BCUT2D eigenvalue weighted by molar-refractivity contribution is -0.368. The second-order valence-electron chi connectivity index (χ2n) is 11.4. The maximum Gasteiger partial charge on any atom is 0.243 e. The third-order valence-electron chi connectivity index (χ3n) is 6.47. The van der Waals surface area contributed by atoms with Crippen LogP contribution < -0.4 is 39.4 Å². The van der Waals surface area contributed by atoms with Crippen LogP contribution in [0.4, 0.5) is 0 Å². The van der Waals surface area contributed by atoms with E-state index in [1.54, 1.807) is 0 Å². The van der Waals surface area contributed by atoms with E-state index in [-0.39, 0.29) is 54.6 Å². The maximum absolute atomic E-state index is 13.3. The van der Waals surface area contributed by atoms with E-state index in [9.17, 15) is 19.2 Å². The number of quaternary nitrogens is 1. The van der Waals surface area contributed by atoms with Crippen molar-refractivity contribution in [2.45, 2.75) is 129 Å². The Morgan fingerprint density at radius 2 is 1.35 bits per heavy atom. The van der Waals surface area contributed by atoms with Crippen LogP contribution in [0.2, 0.25) is 0 Å². The first-order chi connectivity index (χ1) is 17.1. The van der Waals surface area contributed by atoms with Gasteiger partial charge in [-0.05, 0) is 37.5 Å². The van der Waals surface area contributed by atoms with Gasteiger partial charge in [-0.2, -0.15) is 0 Å². The van der Waals surface area contributed by atoms with Crippen molar-refractivity contribution in [1.82, 2.24) is 21.3 Å². The van der Waals surface area contributed by atoms with E-state index in [1.807, 2.05) is 20.8 Å². The topological polar surface area (TPSA) is 144 Å². The highest BCUT2D eigenvalue weighted by Crippen LogP contribution is 2.22. The highest BCUT2D eigenvalue weighted by molar-refractivity contribution is 5.93. The number of hydrogen-bond donors (Lipinski definition) is 5. The molecule has 0 aromatic heterocycles. The molecule has 0 aliphatic carbocycles. The molecule has 7 N–H and O–H groups in total. The van der Waals surface area contributed by atoms with Gasteiger partial charge in [-0.25, -0.2) is 0 Å². The Bertz CT molecular complexity index is 699. The van der Waals surface area contributed by atoms with Crippen LogP contribution in [0.1, 0.15) is 111 Å². The van der Waals surface area contributed by atoms with Crippen molar-refractivity contribution in [2.24, 2.45) is 5.41 Å². The quantitative estimate of drug-likeness (QED) is 0.188. The van der Waals surface area contributed by atoms with Crippen molar-refractivity contribution < 1.29 is 37.3 Å². The third kappa shape index (κ3) is 16.6. The molecule has 0 aromatic carbocycles. The molecule has 0 bridgehead atoms. The summed E-state index contributed by atoms with van der Waals surface area (Å²) in [6, 6.07) is -1.85. The van der Waals surface area contributed by atoms with Crippen molar-refractivity contribution in [3.05, 3.63) is 0 Å². The summed E-state index contributed by atoms with van der Waals surface area (Å²) < 4.78 is 0. The molecular weight excluding hydrogens is 494 g/mol. The monoisotopic (exact) mass is 545 g/mol. The van der Waals surface area contributed by atoms with Crippen LogP contribution in [0.3, 0.4) is 0 Å².